The highest BCUT2D eigenvalue weighted by Gasteiger charge is 2.23. The van der Waals surface area contributed by atoms with Crippen LogP contribution in [-0.4, -0.2) is 33.5 Å². The van der Waals surface area contributed by atoms with Crippen molar-refractivity contribution < 1.29 is 43.1 Å². The van der Waals surface area contributed by atoms with Gasteiger partial charge in [0.25, 0.3) is 20.6 Å². The number of aromatic nitrogens is 8. The maximum atomic E-state index is 6.34. The summed E-state index contributed by atoms with van der Waals surface area (Å²) in [6.45, 7) is 18.0. The maximum absolute atomic E-state index is 6.34. The Morgan fingerprint density at radius 1 is 0.468 bits per heavy atom. The Kier molecular flexibility index (Phi) is 30.1. The summed E-state index contributed by atoms with van der Waals surface area (Å²) in [5, 5.41) is 12.5. The zero-order valence-electron chi connectivity index (χ0n) is 43.5. The van der Waals surface area contributed by atoms with Crippen LogP contribution in [0.25, 0.3) is 32.3 Å². The van der Waals surface area contributed by atoms with Crippen molar-refractivity contribution in [3.05, 3.63) is 211 Å². The number of fused-ring (bicyclic) bond motifs is 3. The molecule has 0 amide bonds. The molecule has 0 aliphatic rings. The van der Waals surface area contributed by atoms with Gasteiger partial charge in [0.1, 0.15) is 23.4 Å². The van der Waals surface area contributed by atoms with Gasteiger partial charge < -0.3 is 43.5 Å². The van der Waals surface area contributed by atoms with Crippen LogP contribution in [0.4, 0.5) is 0 Å². The SMILES string of the molecule is BrCc1ccc2ccccc2c1.CC(C)Br.CC(C)n1c[n+](Cc2ccc3ccccc3c2)c(Cl)c1Cl.CC(C)n1c[n+](Cc2ccc3ccccc3c2)c(Cl)c1Cl.CC(C)n1cnc(Cl)c1Cl.Clc1nc[nH]c1Cl.[Br-].[Br-]. The second-order valence-electron chi connectivity index (χ2n) is 18.2. The third-order valence-corrected chi connectivity index (χ3v) is 14.8. The number of nitrogens with zero attached hydrogens (tertiary/aromatic N) is 7. The predicted molar refractivity (Wildman–Crippen MR) is 328 cm³/mol. The third-order valence-electron chi connectivity index (χ3n) is 11.0. The van der Waals surface area contributed by atoms with Crippen molar-refractivity contribution in [1.82, 2.24) is 28.7 Å². The fraction of sp³-hybridized carbons (Fsp3) is 0.263. The summed E-state index contributed by atoms with van der Waals surface area (Å²) in [5.74, 6) is 0. The number of alkyl halides is 2. The topological polar surface area (TPSA) is 64.1 Å². The second-order valence-corrected chi connectivity index (χ2v) is 23.5. The molecular weight excluding hydrogens is 1400 g/mol. The fourth-order valence-corrected chi connectivity index (χ4v) is 9.30. The maximum Gasteiger partial charge on any atom is 0.255 e. The van der Waals surface area contributed by atoms with Crippen LogP contribution in [0.2, 0.25) is 41.2 Å². The van der Waals surface area contributed by atoms with Crippen LogP contribution in [-0.2, 0) is 18.4 Å². The van der Waals surface area contributed by atoms with Gasteiger partial charge in [-0.15, -0.1) is 0 Å². The van der Waals surface area contributed by atoms with E-state index in [9.17, 15) is 0 Å². The van der Waals surface area contributed by atoms with E-state index in [1.807, 2.05) is 49.3 Å². The minimum Gasteiger partial charge on any atom is -1.00 e. The van der Waals surface area contributed by atoms with Crippen LogP contribution in [0.3, 0.4) is 0 Å². The molecule has 0 aliphatic carbocycles. The average Bonchev–Trinajstić information content (AvgIpc) is 4.11. The van der Waals surface area contributed by atoms with Crippen LogP contribution in [0, 0.1) is 0 Å². The normalized spacial score (nSPS) is 10.6. The van der Waals surface area contributed by atoms with Gasteiger partial charge in [-0.25, -0.2) is 28.2 Å². The number of aromatic amines is 1. The largest absolute Gasteiger partial charge is 1.00 e. The van der Waals surface area contributed by atoms with Gasteiger partial charge in [0.15, 0.2) is 10.3 Å². The number of hydrogen-bond donors (Lipinski definition) is 1. The minimum absolute atomic E-state index is 0. The van der Waals surface area contributed by atoms with Gasteiger partial charge in [-0.1, -0.05) is 207 Å². The van der Waals surface area contributed by atoms with Crippen LogP contribution >= 0.6 is 125 Å². The summed E-state index contributed by atoms with van der Waals surface area (Å²) in [5.41, 5.74) is 3.74. The Morgan fingerprint density at radius 2 is 0.818 bits per heavy atom. The summed E-state index contributed by atoms with van der Waals surface area (Å²) >= 11 is 54.1. The van der Waals surface area contributed by atoms with E-state index in [-0.39, 0.29) is 46.0 Å². The van der Waals surface area contributed by atoms with Crippen molar-refractivity contribution in [3.63, 3.8) is 0 Å². The first-order valence-corrected chi connectivity index (χ1v) is 29.0. The van der Waals surface area contributed by atoms with Crippen molar-refractivity contribution in [2.24, 2.45) is 0 Å². The van der Waals surface area contributed by atoms with Gasteiger partial charge in [0.2, 0.25) is 12.7 Å². The minimum atomic E-state index is 0. The highest BCUT2D eigenvalue weighted by atomic mass is 79.9. The molecular formula is C57H60Br4Cl8N8. The number of rotatable bonds is 8. The molecule has 8 nitrogen and oxygen atoms in total. The lowest BCUT2D eigenvalue weighted by Crippen LogP contribution is -3.00. The van der Waals surface area contributed by atoms with E-state index in [1.165, 1.54) is 55.3 Å². The van der Waals surface area contributed by atoms with E-state index < -0.39 is 0 Å². The van der Waals surface area contributed by atoms with Gasteiger partial charge >= 0.3 is 0 Å². The summed E-state index contributed by atoms with van der Waals surface area (Å²) < 4.78 is 9.72. The Morgan fingerprint density at radius 3 is 1.08 bits per heavy atom. The molecule has 10 aromatic rings. The molecule has 0 fully saturated rings. The molecule has 6 aromatic carbocycles. The molecule has 20 heteroatoms. The number of hydrogen-bond acceptors (Lipinski definition) is 2. The van der Waals surface area contributed by atoms with Crippen molar-refractivity contribution in [1.29, 1.82) is 0 Å². The van der Waals surface area contributed by atoms with E-state index in [4.69, 9.17) is 92.8 Å². The van der Waals surface area contributed by atoms with E-state index in [0.29, 0.717) is 65.2 Å². The van der Waals surface area contributed by atoms with Crippen molar-refractivity contribution in [3.8, 4) is 0 Å². The zero-order chi connectivity index (χ0) is 54.9. The number of H-pyrrole nitrogens is 1. The first-order valence-electron chi connectivity index (χ1n) is 23.9. The highest BCUT2D eigenvalue weighted by molar-refractivity contribution is 9.09. The average molecular weight is 1460 g/mol. The van der Waals surface area contributed by atoms with Crippen LogP contribution in [0.15, 0.2) is 153 Å². The summed E-state index contributed by atoms with van der Waals surface area (Å²) in [6, 6.07) is 45.4. The van der Waals surface area contributed by atoms with E-state index in [2.05, 4.69) is 216 Å². The molecule has 4 heterocycles. The molecule has 77 heavy (non-hydrogen) atoms. The van der Waals surface area contributed by atoms with Crippen LogP contribution in [0.5, 0.6) is 0 Å². The van der Waals surface area contributed by atoms with Crippen molar-refractivity contribution in [2.75, 3.05) is 0 Å². The Balaban J connectivity index is 0.000000259. The molecule has 0 spiro atoms. The van der Waals surface area contributed by atoms with Gasteiger partial charge in [0, 0.05) is 16.2 Å². The Labute approximate surface area is 530 Å². The van der Waals surface area contributed by atoms with E-state index in [1.54, 1.807) is 6.33 Å². The predicted octanol–water partition coefficient (Wildman–Crippen LogP) is 13.7. The van der Waals surface area contributed by atoms with E-state index >= 15 is 0 Å². The van der Waals surface area contributed by atoms with Crippen LogP contribution < -0.4 is 43.1 Å². The first kappa shape index (κ1) is 68.5. The molecule has 4 aromatic heterocycles. The summed E-state index contributed by atoms with van der Waals surface area (Å²) in [4.78, 5) is 10.7. The third kappa shape index (κ3) is 20.6. The molecule has 0 radical (unpaired) electrons. The lowest BCUT2D eigenvalue weighted by atomic mass is 10.1. The monoisotopic (exact) mass is 1450 g/mol. The Hall–Kier alpha value is -2.82. The molecule has 1 N–H and O–H groups in total. The molecule has 412 valence electrons. The number of benzene rings is 6. The highest BCUT2D eigenvalue weighted by Crippen LogP contribution is 2.26. The molecule has 0 saturated heterocycles. The molecule has 0 aliphatic heterocycles. The summed E-state index contributed by atoms with van der Waals surface area (Å²) in [6.07, 6.45) is 7.02. The van der Waals surface area contributed by atoms with Gasteiger partial charge in [-0.3, -0.25) is 0 Å². The lowest BCUT2D eigenvalue weighted by Gasteiger charge is -2.05. The Bertz CT molecular complexity index is 3240. The van der Waals surface area contributed by atoms with E-state index in [0.717, 1.165) is 5.33 Å². The van der Waals surface area contributed by atoms with Gasteiger partial charge in [-0.05, 0) is 149 Å². The van der Waals surface area contributed by atoms with Gasteiger partial charge in [-0.2, -0.15) is 0 Å². The standard InChI is InChI=1S/2C17H17Cl2N2.C11H9Br.C6H8Cl2N2.C3H7Br.C3H2Cl2N2.2BrH/c2*1-12(2)21-11-20(16(18)17(21)19)10-13-7-8-14-5-3-4-6-15(14)9-13;12-8-9-5-6-10-3-1-2-4-11(10)7-9;1-4(2)10-3-9-5(7)6(10)8;1-3(2)4;4-2-3(5)7-1-6-2;;/h2*3-9,11-12H,10H2,1-2H3;1-7H,8H2;3-4H,1-2H3;3H,1-2H3;1H,(H,6,7);2*1H/q2*+1;;;;;;/p-2. The first-order chi connectivity index (χ1) is 35.7. The number of imidazole rings is 4. The molecule has 0 bridgehead atoms. The zero-order valence-corrected chi connectivity index (χ0v) is 55.9. The lowest BCUT2D eigenvalue weighted by molar-refractivity contribution is -0.685. The van der Waals surface area contributed by atoms with Gasteiger partial charge in [0.05, 0.1) is 24.7 Å². The summed E-state index contributed by atoms with van der Waals surface area (Å²) in [7, 11) is 0. The molecule has 0 saturated carbocycles. The fourth-order valence-electron chi connectivity index (χ4n) is 7.23. The molecule has 0 unspecified atom stereocenters. The smallest absolute Gasteiger partial charge is 0.255 e. The van der Waals surface area contributed by atoms with Crippen molar-refractivity contribution in [2.45, 2.75) is 96.8 Å². The molecule has 10 rings (SSSR count). The number of nitrogens with one attached hydrogen (secondary N) is 1. The number of halogens is 12. The second kappa shape index (κ2) is 33.8. The van der Waals surface area contributed by atoms with Crippen molar-refractivity contribution >= 4 is 157 Å². The molecule has 0 atom stereocenters. The quantitative estimate of drug-likeness (QED) is 0.122. The van der Waals surface area contributed by atoms with Crippen LogP contribution in [0.1, 0.15) is 90.2 Å².